The fraction of sp³-hybridized carbons (Fsp3) is 0.600. The molecule has 20 heavy (non-hydrogen) atoms. The number of benzene rings is 1. The van der Waals surface area contributed by atoms with Gasteiger partial charge in [0.25, 0.3) is 0 Å². The molecule has 0 radical (unpaired) electrons. The zero-order chi connectivity index (χ0) is 14.8. The Labute approximate surface area is 121 Å². The van der Waals surface area contributed by atoms with Gasteiger partial charge in [-0.1, -0.05) is 12.1 Å². The molecule has 0 aliphatic carbocycles. The average molecular weight is 282 g/mol. The zero-order valence-corrected chi connectivity index (χ0v) is 12.6. The Hall–Kier alpha value is -1.14. The monoisotopic (exact) mass is 282 g/mol. The largest absolute Gasteiger partial charge is 0.497 e. The molecule has 0 bridgehead atoms. The minimum atomic E-state index is -0.380. The Morgan fingerprint density at radius 2 is 1.95 bits per heavy atom. The number of aliphatic hydroxyl groups excluding tert-OH is 1. The van der Waals surface area contributed by atoms with Crippen LogP contribution in [-0.4, -0.2) is 63.6 Å². The van der Waals surface area contributed by atoms with E-state index in [9.17, 15) is 5.11 Å². The smallest absolute Gasteiger partial charge is 0.118 e. The maximum Gasteiger partial charge on any atom is 0.118 e. The number of nitrogens with zero attached hydrogens (tertiary/aromatic N) is 1. The van der Waals surface area contributed by atoms with Gasteiger partial charge < -0.3 is 19.9 Å². The maximum absolute atomic E-state index is 9.91. The van der Waals surface area contributed by atoms with E-state index < -0.39 is 0 Å². The van der Waals surface area contributed by atoms with Gasteiger partial charge in [0.2, 0.25) is 0 Å². The van der Waals surface area contributed by atoms with Crippen molar-refractivity contribution in [3.8, 4) is 5.75 Å². The highest BCUT2D eigenvalue weighted by atomic mass is 16.5. The molecule has 0 spiro atoms. The highest BCUT2D eigenvalue weighted by molar-refractivity contribution is 5.27. The van der Waals surface area contributed by atoms with Crippen LogP contribution in [-0.2, 0) is 11.3 Å². The van der Waals surface area contributed by atoms with E-state index in [-0.39, 0.29) is 6.10 Å². The number of likely N-dealkylation sites (N-methyl/N-ethyl adjacent to an activating group) is 1. The summed E-state index contributed by atoms with van der Waals surface area (Å²) in [7, 11) is 5.33. The van der Waals surface area contributed by atoms with Gasteiger partial charge in [0.1, 0.15) is 5.75 Å². The molecule has 2 N–H and O–H groups in total. The van der Waals surface area contributed by atoms with Crippen molar-refractivity contribution in [3.05, 3.63) is 29.8 Å². The lowest BCUT2D eigenvalue weighted by Crippen LogP contribution is -2.37. The minimum absolute atomic E-state index is 0.380. The molecule has 1 atom stereocenters. The van der Waals surface area contributed by atoms with Gasteiger partial charge in [0, 0.05) is 33.3 Å². The SMILES string of the molecule is COCCNCC(O)CN(C)Cc1ccc(OC)cc1. The molecule has 5 heteroatoms. The summed E-state index contributed by atoms with van der Waals surface area (Å²) in [5, 5.41) is 13.1. The van der Waals surface area contributed by atoms with Crippen molar-refractivity contribution in [1.29, 1.82) is 0 Å². The highest BCUT2D eigenvalue weighted by Crippen LogP contribution is 2.12. The van der Waals surface area contributed by atoms with Gasteiger partial charge in [0.15, 0.2) is 0 Å². The van der Waals surface area contributed by atoms with Gasteiger partial charge in [-0.3, -0.25) is 4.90 Å². The summed E-state index contributed by atoms with van der Waals surface area (Å²) in [6.45, 7) is 3.44. The van der Waals surface area contributed by atoms with Crippen LogP contribution in [0, 0.1) is 0 Å². The van der Waals surface area contributed by atoms with Gasteiger partial charge in [-0.2, -0.15) is 0 Å². The molecule has 0 aliphatic heterocycles. The number of rotatable bonds is 10. The van der Waals surface area contributed by atoms with Gasteiger partial charge in [-0.25, -0.2) is 0 Å². The van der Waals surface area contributed by atoms with Crippen molar-refractivity contribution in [3.63, 3.8) is 0 Å². The predicted molar refractivity (Wildman–Crippen MR) is 80.1 cm³/mol. The van der Waals surface area contributed by atoms with E-state index in [1.807, 2.05) is 31.3 Å². The van der Waals surface area contributed by atoms with E-state index in [4.69, 9.17) is 9.47 Å². The first-order chi connectivity index (χ1) is 9.65. The van der Waals surface area contributed by atoms with Crippen molar-refractivity contribution in [2.45, 2.75) is 12.6 Å². The van der Waals surface area contributed by atoms with Crippen molar-refractivity contribution in [1.82, 2.24) is 10.2 Å². The van der Waals surface area contributed by atoms with Crippen LogP contribution in [0.15, 0.2) is 24.3 Å². The fourth-order valence-electron chi connectivity index (χ4n) is 1.97. The van der Waals surface area contributed by atoms with Crippen molar-refractivity contribution >= 4 is 0 Å². The number of hydrogen-bond donors (Lipinski definition) is 2. The van der Waals surface area contributed by atoms with E-state index in [0.29, 0.717) is 19.7 Å². The van der Waals surface area contributed by atoms with E-state index in [2.05, 4.69) is 10.2 Å². The minimum Gasteiger partial charge on any atom is -0.497 e. The number of aliphatic hydroxyl groups is 1. The molecule has 5 nitrogen and oxygen atoms in total. The standard InChI is InChI=1S/C15H26N2O3/c1-17(12-14(18)10-16-8-9-19-2)11-13-4-6-15(20-3)7-5-13/h4-7,14,16,18H,8-12H2,1-3H3. The van der Waals surface area contributed by atoms with Crippen LogP contribution >= 0.6 is 0 Å². The lowest BCUT2D eigenvalue weighted by atomic mass is 10.2. The third-order valence-electron chi connectivity index (χ3n) is 3.00. The van der Waals surface area contributed by atoms with Crippen LogP contribution in [0.1, 0.15) is 5.56 Å². The molecule has 1 aromatic rings. The van der Waals surface area contributed by atoms with Crippen molar-refractivity contribution < 1.29 is 14.6 Å². The van der Waals surface area contributed by atoms with Crippen LogP contribution < -0.4 is 10.1 Å². The molecule has 0 fully saturated rings. The van der Waals surface area contributed by atoms with E-state index in [1.54, 1.807) is 14.2 Å². The van der Waals surface area contributed by atoms with E-state index >= 15 is 0 Å². The normalized spacial score (nSPS) is 12.7. The summed E-state index contributed by atoms with van der Waals surface area (Å²) in [5.74, 6) is 0.860. The molecule has 0 aliphatic rings. The Morgan fingerprint density at radius 3 is 2.55 bits per heavy atom. The predicted octanol–water partition coefficient (Wildman–Crippen LogP) is 0.724. The van der Waals surface area contributed by atoms with Gasteiger partial charge in [0.05, 0.1) is 19.8 Å². The van der Waals surface area contributed by atoms with E-state index in [0.717, 1.165) is 18.8 Å². The van der Waals surface area contributed by atoms with Crippen molar-refractivity contribution in [2.75, 3.05) is 47.5 Å². The fourth-order valence-corrected chi connectivity index (χ4v) is 1.97. The number of ether oxygens (including phenoxy) is 2. The Morgan fingerprint density at radius 1 is 1.25 bits per heavy atom. The molecule has 1 unspecified atom stereocenters. The summed E-state index contributed by atoms with van der Waals surface area (Å²) in [6, 6.07) is 7.98. The second-order valence-corrected chi connectivity index (χ2v) is 4.90. The zero-order valence-electron chi connectivity index (χ0n) is 12.6. The number of methoxy groups -OCH3 is 2. The van der Waals surface area contributed by atoms with E-state index in [1.165, 1.54) is 5.56 Å². The average Bonchev–Trinajstić information content (AvgIpc) is 2.44. The second-order valence-electron chi connectivity index (χ2n) is 4.90. The molecule has 0 aromatic heterocycles. The van der Waals surface area contributed by atoms with Crippen LogP contribution in [0.25, 0.3) is 0 Å². The first kappa shape index (κ1) is 16.9. The first-order valence-electron chi connectivity index (χ1n) is 6.85. The van der Waals surface area contributed by atoms with Crippen LogP contribution in [0.4, 0.5) is 0 Å². The van der Waals surface area contributed by atoms with Gasteiger partial charge in [-0.05, 0) is 24.7 Å². The lowest BCUT2D eigenvalue weighted by Gasteiger charge is -2.21. The molecule has 0 saturated heterocycles. The van der Waals surface area contributed by atoms with Crippen molar-refractivity contribution in [2.24, 2.45) is 0 Å². The first-order valence-corrected chi connectivity index (χ1v) is 6.85. The molecule has 0 saturated carbocycles. The van der Waals surface area contributed by atoms with Gasteiger partial charge >= 0.3 is 0 Å². The van der Waals surface area contributed by atoms with Crippen LogP contribution in [0.3, 0.4) is 0 Å². The molecule has 1 rings (SSSR count). The molecule has 114 valence electrons. The molecule has 0 heterocycles. The second kappa shape index (κ2) is 9.72. The molecular weight excluding hydrogens is 256 g/mol. The summed E-state index contributed by atoms with van der Waals surface area (Å²) in [5.41, 5.74) is 1.20. The Bertz CT molecular complexity index is 357. The van der Waals surface area contributed by atoms with Gasteiger partial charge in [-0.15, -0.1) is 0 Å². The number of hydrogen-bond acceptors (Lipinski definition) is 5. The maximum atomic E-state index is 9.91. The summed E-state index contributed by atoms with van der Waals surface area (Å²) < 4.78 is 10.1. The molecular formula is C15H26N2O3. The topological polar surface area (TPSA) is 54.0 Å². The summed E-state index contributed by atoms with van der Waals surface area (Å²) >= 11 is 0. The summed E-state index contributed by atoms with van der Waals surface area (Å²) in [6.07, 6.45) is -0.380. The Balaban J connectivity index is 2.25. The quantitative estimate of drug-likeness (QED) is 0.620. The molecule has 1 aromatic carbocycles. The lowest BCUT2D eigenvalue weighted by molar-refractivity contribution is 0.117. The number of nitrogens with one attached hydrogen (secondary N) is 1. The van der Waals surface area contributed by atoms with Crippen LogP contribution in [0.5, 0.6) is 5.75 Å². The van der Waals surface area contributed by atoms with Crippen LogP contribution in [0.2, 0.25) is 0 Å². The molecule has 0 amide bonds. The highest BCUT2D eigenvalue weighted by Gasteiger charge is 2.08. The summed E-state index contributed by atoms with van der Waals surface area (Å²) in [4.78, 5) is 2.10. The third-order valence-corrected chi connectivity index (χ3v) is 3.00. The third kappa shape index (κ3) is 6.86. The Kier molecular flexibility index (Phi) is 8.22.